The van der Waals surface area contributed by atoms with Crippen LogP contribution < -0.4 is 5.32 Å². The van der Waals surface area contributed by atoms with Crippen LogP contribution in [0.4, 0.5) is 0 Å². The molecule has 0 radical (unpaired) electrons. The van der Waals surface area contributed by atoms with E-state index in [1.807, 2.05) is 6.07 Å². The fourth-order valence-corrected chi connectivity index (χ4v) is 2.79. The van der Waals surface area contributed by atoms with Crippen molar-refractivity contribution in [2.75, 3.05) is 13.6 Å². The largest absolute Gasteiger partial charge is 0.477 e. The molecule has 0 saturated heterocycles. The van der Waals surface area contributed by atoms with E-state index in [1.54, 1.807) is 6.07 Å². The monoisotopic (exact) mass is 268 g/mol. The van der Waals surface area contributed by atoms with E-state index in [2.05, 4.69) is 24.2 Å². The Morgan fingerprint density at radius 3 is 2.89 bits per heavy atom. The minimum absolute atomic E-state index is 0.412. The highest BCUT2D eigenvalue weighted by Gasteiger charge is 2.28. The van der Waals surface area contributed by atoms with Crippen LogP contribution in [-0.2, 0) is 6.54 Å². The summed E-state index contributed by atoms with van der Waals surface area (Å²) in [6, 6.07) is 4.86. The summed E-state index contributed by atoms with van der Waals surface area (Å²) in [7, 11) is 2.18. The van der Waals surface area contributed by atoms with E-state index in [0.29, 0.717) is 10.9 Å². The number of rotatable bonds is 7. The van der Waals surface area contributed by atoms with Crippen molar-refractivity contribution in [2.45, 2.75) is 38.4 Å². The van der Waals surface area contributed by atoms with Crippen molar-refractivity contribution in [3.05, 3.63) is 21.9 Å². The van der Waals surface area contributed by atoms with Gasteiger partial charge < -0.3 is 10.4 Å². The van der Waals surface area contributed by atoms with Crippen molar-refractivity contribution in [2.24, 2.45) is 0 Å². The molecule has 18 heavy (non-hydrogen) atoms. The van der Waals surface area contributed by atoms with Gasteiger partial charge in [0.15, 0.2) is 0 Å². The Balaban J connectivity index is 1.72. The zero-order valence-corrected chi connectivity index (χ0v) is 11.7. The quantitative estimate of drug-likeness (QED) is 0.794. The first kappa shape index (κ1) is 13.5. The highest BCUT2D eigenvalue weighted by atomic mass is 32.1. The van der Waals surface area contributed by atoms with E-state index in [1.165, 1.54) is 24.2 Å². The van der Waals surface area contributed by atoms with E-state index >= 15 is 0 Å². The van der Waals surface area contributed by atoms with E-state index in [4.69, 9.17) is 5.11 Å². The molecule has 0 bridgehead atoms. The average Bonchev–Trinajstić information content (AvgIpc) is 3.07. The van der Waals surface area contributed by atoms with Crippen molar-refractivity contribution < 1.29 is 9.90 Å². The number of likely N-dealkylation sites (N-methyl/N-ethyl adjacent to an activating group) is 1. The van der Waals surface area contributed by atoms with Gasteiger partial charge in [-0.1, -0.05) is 0 Å². The molecule has 2 rings (SSSR count). The molecule has 1 aliphatic carbocycles. The van der Waals surface area contributed by atoms with Gasteiger partial charge in [0.25, 0.3) is 0 Å². The third-order valence-corrected chi connectivity index (χ3v) is 4.50. The first-order valence-corrected chi connectivity index (χ1v) is 7.14. The molecular formula is C13H20N2O2S. The summed E-state index contributed by atoms with van der Waals surface area (Å²) in [6.07, 6.45) is 2.65. The number of nitrogens with one attached hydrogen (secondary N) is 1. The van der Waals surface area contributed by atoms with Crippen LogP contribution in [0, 0.1) is 0 Å². The molecule has 1 unspecified atom stereocenters. The lowest BCUT2D eigenvalue weighted by molar-refractivity contribution is 0.0702. The molecule has 100 valence electrons. The molecule has 1 heterocycles. The Hall–Kier alpha value is -0.910. The summed E-state index contributed by atoms with van der Waals surface area (Å²) in [5, 5.41) is 12.2. The maximum atomic E-state index is 10.8. The number of carboxylic acids is 1. The van der Waals surface area contributed by atoms with Crippen molar-refractivity contribution in [1.82, 2.24) is 10.2 Å². The number of nitrogens with zero attached hydrogens (tertiary/aromatic N) is 1. The Morgan fingerprint density at radius 1 is 1.61 bits per heavy atom. The van der Waals surface area contributed by atoms with E-state index < -0.39 is 5.97 Å². The van der Waals surface area contributed by atoms with Gasteiger partial charge in [-0.25, -0.2) is 4.79 Å². The third kappa shape index (κ3) is 3.54. The summed E-state index contributed by atoms with van der Waals surface area (Å²) in [4.78, 5) is 14.7. The van der Waals surface area contributed by atoms with Crippen LogP contribution in [0.15, 0.2) is 12.1 Å². The lowest BCUT2D eigenvalue weighted by atomic mass is 10.3. The Bertz CT molecular complexity index is 415. The molecule has 2 N–H and O–H groups in total. The van der Waals surface area contributed by atoms with Crippen LogP contribution >= 0.6 is 11.3 Å². The maximum absolute atomic E-state index is 10.8. The first-order valence-electron chi connectivity index (χ1n) is 6.32. The molecule has 0 amide bonds. The topological polar surface area (TPSA) is 52.6 Å². The van der Waals surface area contributed by atoms with Crippen LogP contribution in [0.2, 0.25) is 0 Å². The second-order valence-electron chi connectivity index (χ2n) is 4.95. The van der Waals surface area contributed by atoms with Gasteiger partial charge in [-0.05, 0) is 38.9 Å². The molecule has 1 aliphatic rings. The molecule has 1 aromatic heterocycles. The molecule has 4 nitrogen and oxygen atoms in total. The summed E-state index contributed by atoms with van der Waals surface area (Å²) < 4.78 is 0. The number of thiophene rings is 1. The van der Waals surface area contributed by atoms with Gasteiger partial charge in [-0.2, -0.15) is 0 Å². The molecule has 5 heteroatoms. The van der Waals surface area contributed by atoms with Crippen molar-refractivity contribution in [1.29, 1.82) is 0 Å². The van der Waals surface area contributed by atoms with E-state index in [-0.39, 0.29) is 0 Å². The molecule has 1 atom stereocenters. The van der Waals surface area contributed by atoms with Crippen molar-refractivity contribution in [3.63, 3.8) is 0 Å². The molecule has 1 aromatic rings. The second kappa shape index (κ2) is 5.82. The normalized spacial score (nSPS) is 17.1. The van der Waals surface area contributed by atoms with Gasteiger partial charge in [0.2, 0.25) is 0 Å². The highest BCUT2D eigenvalue weighted by molar-refractivity contribution is 7.13. The number of carbonyl (C=O) groups is 1. The van der Waals surface area contributed by atoms with Gasteiger partial charge in [-0.15, -0.1) is 11.3 Å². The Morgan fingerprint density at radius 2 is 2.33 bits per heavy atom. The number of hydrogen-bond donors (Lipinski definition) is 2. The predicted molar refractivity (Wildman–Crippen MR) is 73.2 cm³/mol. The summed E-state index contributed by atoms with van der Waals surface area (Å²) in [6.45, 7) is 3.91. The van der Waals surface area contributed by atoms with Crippen molar-refractivity contribution in [3.8, 4) is 0 Å². The minimum atomic E-state index is -0.840. The van der Waals surface area contributed by atoms with Gasteiger partial charge in [0, 0.05) is 30.1 Å². The molecule has 1 saturated carbocycles. The molecule has 0 spiro atoms. The molecule has 0 aromatic carbocycles. The average molecular weight is 268 g/mol. The highest BCUT2D eigenvalue weighted by Crippen LogP contribution is 2.26. The standard InChI is InChI=1S/C13H20N2O2S/c1-9(15(2)10-3-4-10)7-14-8-11-5-6-12(18-11)13(16)17/h5-6,9-10,14H,3-4,7-8H2,1-2H3,(H,16,17). The van der Waals surface area contributed by atoms with E-state index in [9.17, 15) is 4.79 Å². The van der Waals surface area contributed by atoms with E-state index in [0.717, 1.165) is 24.0 Å². The zero-order chi connectivity index (χ0) is 13.1. The lowest BCUT2D eigenvalue weighted by Gasteiger charge is -2.24. The fourth-order valence-electron chi connectivity index (χ4n) is 1.98. The zero-order valence-electron chi connectivity index (χ0n) is 10.8. The summed E-state index contributed by atoms with van der Waals surface area (Å²) >= 11 is 1.34. The van der Waals surface area contributed by atoms with Gasteiger partial charge in [-0.3, -0.25) is 4.90 Å². The third-order valence-electron chi connectivity index (χ3n) is 3.43. The number of hydrogen-bond acceptors (Lipinski definition) is 4. The second-order valence-corrected chi connectivity index (χ2v) is 6.12. The molecule has 1 fully saturated rings. The maximum Gasteiger partial charge on any atom is 0.345 e. The fraction of sp³-hybridized carbons (Fsp3) is 0.615. The smallest absolute Gasteiger partial charge is 0.345 e. The minimum Gasteiger partial charge on any atom is -0.477 e. The van der Waals surface area contributed by atoms with Gasteiger partial charge in [0.1, 0.15) is 4.88 Å². The Labute approximate surface area is 112 Å². The van der Waals surface area contributed by atoms with Crippen LogP contribution in [0.1, 0.15) is 34.3 Å². The first-order chi connectivity index (χ1) is 8.58. The SMILES string of the molecule is CC(CNCc1ccc(C(=O)O)s1)N(C)C1CC1. The molecule has 0 aliphatic heterocycles. The van der Waals surface area contributed by atoms with Gasteiger partial charge in [0.05, 0.1) is 0 Å². The number of aromatic carboxylic acids is 1. The molecular weight excluding hydrogens is 248 g/mol. The Kier molecular flexibility index (Phi) is 4.37. The van der Waals surface area contributed by atoms with Crippen molar-refractivity contribution >= 4 is 17.3 Å². The summed E-state index contributed by atoms with van der Waals surface area (Å²) in [5.74, 6) is -0.840. The van der Waals surface area contributed by atoms with Crippen LogP contribution in [0.5, 0.6) is 0 Å². The predicted octanol–water partition coefficient (Wildman–Crippen LogP) is 2.02. The number of carboxylic acid groups (broad SMARTS) is 1. The van der Waals surface area contributed by atoms with Crippen LogP contribution in [0.3, 0.4) is 0 Å². The van der Waals surface area contributed by atoms with Crippen LogP contribution in [-0.4, -0.2) is 41.7 Å². The lowest BCUT2D eigenvalue weighted by Crippen LogP contribution is -2.38. The summed E-state index contributed by atoms with van der Waals surface area (Å²) in [5.41, 5.74) is 0. The van der Waals surface area contributed by atoms with Crippen LogP contribution in [0.25, 0.3) is 0 Å². The van der Waals surface area contributed by atoms with Gasteiger partial charge >= 0.3 is 5.97 Å².